The molecule has 0 saturated heterocycles. The summed E-state index contributed by atoms with van der Waals surface area (Å²) in [7, 11) is 0. The summed E-state index contributed by atoms with van der Waals surface area (Å²) in [5, 5.41) is 23.3. The van der Waals surface area contributed by atoms with Crippen LogP contribution in [0.4, 0.5) is 0 Å². The molecular weight excluding hydrogens is 899 g/mol. The first-order chi connectivity index (χ1) is 36.0. The van der Waals surface area contributed by atoms with Crippen LogP contribution in [0.1, 0.15) is 354 Å². The first-order valence-electron chi connectivity index (χ1n) is 32.7. The predicted molar refractivity (Wildman–Crippen MR) is 319 cm³/mol. The topological polar surface area (TPSA) is 95.9 Å². The largest absolute Gasteiger partial charge is 0.466 e. The van der Waals surface area contributed by atoms with Crippen LogP contribution in [0.25, 0.3) is 0 Å². The molecule has 0 radical (unpaired) electrons. The molecule has 3 N–H and O–H groups in total. The summed E-state index contributed by atoms with van der Waals surface area (Å²) in [6, 6.07) is -0.550. The van der Waals surface area contributed by atoms with Gasteiger partial charge in [-0.25, -0.2) is 0 Å². The second-order valence-electron chi connectivity index (χ2n) is 22.4. The van der Waals surface area contributed by atoms with Crippen molar-refractivity contribution in [3.63, 3.8) is 0 Å². The van der Waals surface area contributed by atoms with Crippen molar-refractivity contribution >= 4 is 11.9 Å². The maximum Gasteiger partial charge on any atom is 0.305 e. The van der Waals surface area contributed by atoms with Crippen molar-refractivity contribution in [1.29, 1.82) is 0 Å². The van der Waals surface area contributed by atoms with Crippen LogP contribution in [0.2, 0.25) is 0 Å². The second kappa shape index (κ2) is 62.6. The molecule has 0 aliphatic rings. The van der Waals surface area contributed by atoms with Crippen molar-refractivity contribution in [3.8, 4) is 0 Å². The molecule has 0 aromatic rings. The molecule has 0 fully saturated rings. The van der Waals surface area contributed by atoms with E-state index in [1.54, 1.807) is 0 Å². The van der Waals surface area contributed by atoms with Gasteiger partial charge in [0.15, 0.2) is 0 Å². The molecule has 6 nitrogen and oxygen atoms in total. The minimum Gasteiger partial charge on any atom is -0.466 e. The van der Waals surface area contributed by atoms with E-state index in [0.29, 0.717) is 25.9 Å². The van der Waals surface area contributed by atoms with Gasteiger partial charge in [0.25, 0.3) is 0 Å². The van der Waals surface area contributed by atoms with Crippen LogP contribution in [-0.4, -0.2) is 47.4 Å². The third-order valence-electron chi connectivity index (χ3n) is 15.2. The lowest BCUT2D eigenvalue weighted by molar-refractivity contribution is -0.143. The van der Waals surface area contributed by atoms with Crippen LogP contribution in [0, 0.1) is 0 Å². The number of allylic oxidation sites excluding steroid dienone is 6. The molecule has 0 heterocycles. The first kappa shape index (κ1) is 71.1. The molecule has 0 saturated carbocycles. The summed E-state index contributed by atoms with van der Waals surface area (Å²) >= 11 is 0. The van der Waals surface area contributed by atoms with Gasteiger partial charge < -0.3 is 20.3 Å². The fourth-order valence-corrected chi connectivity index (χ4v) is 10.1. The summed E-state index contributed by atoms with van der Waals surface area (Å²) in [5.41, 5.74) is 0. The summed E-state index contributed by atoms with van der Waals surface area (Å²) < 4.78 is 5.48. The molecule has 0 aliphatic heterocycles. The Morgan fingerprint density at radius 1 is 0.384 bits per heavy atom. The van der Waals surface area contributed by atoms with Gasteiger partial charge in [0.05, 0.1) is 25.4 Å². The molecule has 0 aromatic heterocycles. The monoisotopic (exact) mass is 1030 g/mol. The maximum absolute atomic E-state index is 12.5. The summed E-state index contributed by atoms with van der Waals surface area (Å²) in [4.78, 5) is 24.6. The Balaban J connectivity index is 3.45. The highest BCUT2D eigenvalue weighted by Crippen LogP contribution is 2.18. The van der Waals surface area contributed by atoms with Crippen LogP contribution >= 0.6 is 0 Å². The van der Waals surface area contributed by atoms with Crippen LogP contribution in [-0.2, 0) is 14.3 Å². The summed E-state index contributed by atoms with van der Waals surface area (Å²) in [5.74, 6) is -0.0436. The van der Waals surface area contributed by atoms with Gasteiger partial charge in [0.1, 0.15) is 0 Å². The lowest BCUT2D eigenvalue weighted by Gasteiger charge is -2.22. The molecule has 73 heavy (non-hydrogen) atoms. The number of carbonyl (C=O) groups is 2. The standard InChI is InChI=1S/C67H127NO5/c1-3-5-7-9-11-13-15-17-19-20-28-32-35-39-43-47-51-55-59-65(70)64(63-69)68-66(71)60-56-52-48-44-40-36-33-29-26-24-22-21-23-25-27-30-34-38-42-46-50-54-58-62-73-67(72)61-57-53-49-45-41-37-31-18-16-14-12-10-8-6-4-2/h18,21,23-24,26,31,64-65,69-70H,3-17,19-20,22,25,27-30,32-63H2,1-2H3,(H,68,71)/b23-21-,26-24-,31-18-. The van der Waals surface area contributed by atoms with E-state index in [9.17, 15) is 19.8 Å². The molecular formula is C67H127NO5. The zero-order chi connectivity index (χ0) is 52.9. The average Bonchev–Trinajstić information content (AvgIpc) is 3.39. The van der Waals surface area contributed by atoms with Crippen LogP contribution in [0.3, 0.4) is 0 Å². The first-order valence-corrected chi connectivity index (χ1v) is 32.7. The van der Waals surface area contributed by atoms with Crippen molar-refractivity contribution in [1.82, 2.24) is 5.32 Å². The van der Waals surface area contributed by atoms with Gasteiger partial charge in [0.2, 0.25) is 5.91 Å². The van der Waals surface area contributed by atoms with E-state index in [2.05, 4.69) is 55.6 Å². The van der Waals surface area contributed by atoms with Gasteiger partial charge in [-0.1, -0.05) is 294 Å². The van der Waals surface area contributed by atoms with Crippen LogP contribution < -0.4 is 5.32 Å². The Bertz CT molecular complexity index is 1180. The average molecular weight is 1030 g/mol. The molecule has 430 valence electrons. The van der Waals surface area contributed by atoms with E-state index < -0.39 is 12.1 Å². The Labute approximate surface area is 455 Å². The smallest absolute Gasteiger partial charge is 0.305 e. The molecule has 0 spiro atoms. The van der Waals surface area contributed by atoms with E-state index in [-0.39, 0.29) is 18.5 Å². The maximum atomic E-state index is 12.5. The quantitative estimate of drug-likeness (QED) is 0.0320. The van der Waals surface area contributed by atoms with Gasteiger partial charge in [-0.15, -0.1) is 0 Å². The number of aliphatic hydroxyl groups is 2. The molecule has 0 aromatic carbocycles. The van der Waals surface area contributed by atoms with Crippen molar-refractivity contribution < 1.29 is 24.5 Å². The minimum absolute atomic E-state index is 0.000561. The normalized spacial score (nSPS) is 12.8. The van der Waals surface area contributed by atoms with E-state index in [4.69, 9.17) is 4.74 Å². The van der Waals surface area contributed by atoms with Crippen molar-refractivity contribution in [3.05, 3.63) is 36.5 Å². The molecule has 0 bridgehead atoms. The zero-order valence-electron chi connectivity index (χ0n) is 49.1. The fourth-order valence-electron chi connectivity index (χ4n) is 10.1. The lowest BCUT2D eigenvalue weighted by atomic mass is 10.0. The van der Waals surface area contributed by atoms with E-state index in [0.717, 1.165) is 57.8 Å². The number of unbranched alkanes of at least 4 members (excludes halogenated alkanes) is 44. The predicted octanol–water partition coefficient (Wildman–Crippen LogP) is 20.8. The SMILES string of the molecule is CCCCCCCC/C=C\CCCCCCCC(=O)OCCCCCCCCCCC/C=C\C/C=C\CCCCCCCCCC(=O)NC(CO)C(O)CCCCCCCCCCCCCCCCCCCC. The highest BCUT2D eigenvalue weighted by molar-refractivity contribution is 5.76. The van der Waals surface area contributed by atoms with Gasteiger partial charge >= 0.3 is 5.97 Å². The number of esters is 1. The number of aliphatic hydroxyl groups excluding tert-OH is 2. The van der Waals surface area contributed by atoms with Gasteiger partial charge in [-0.2, -0.15) is 0 Å². The van der Waals surface area contributed by atoms with E-state index >= 15 is 0 Å². The Morgan fingerprint density at radius 2 is 0.685 bits per heavy atom. The number of hydrogen-bond acceptors (Lipinski definition) is 5. The number of carbonyl (C=O) groups excluding carboxylic acids is 2. The van der Waals surface area contributed by atoms with Crippen molar-refractivity contribution in [2.75, 3.05) is 13.2 Å². The lowest BCUT2D eigenvalue weighted by Crippen LogP contribution is -2.45. The minimum atomic E-state index is -0.672. The number of ether oxygens (including phenoxy) is 1. The highest BCUT2D eigenvalue weighted by atomic mass is 16.5. The molecule has 2 unspecified atom stereocenters. The van der Waals surface area contributed by atoms with E-state index in [1.165, 1.54) is 263 Å². The van der Waals surface area contributed by atoms with Gasteiger partial charge in [-0.3, -0.25) is 9.59 Å². The summed E-state index contributed by atoms with van der Waals surface area (Å²) in [6.07, 6.45) is 78.7. The highest BCUT2D eigenvalue weighted by Gasteiger charge is 2.20. The number of rotatable bonds is 61. The summed E-state index contributed by atoms with van der Waals surface area (Å²) in [6.45, 7) is 4.96. The molecule has 0 rings (SSSR count). The number of amides is 1. The molecule has 6 heteroatoms. The Hall–Kier alpha value is -1.92. The Kier molecular flexibility index (Phi) is 61.0. The van der Waals surface area contributed by atoms with Crippen molar-refractivity contribution in [2.24, 2.45) is 0 Å². The number of hydrogen-bond donors (Lipinski definition) is 3. The zero-order valence-corrected chi connectivity index (χ0v) is 49.1. The molecule has 2 atom stereocenters. The van der Waals surface area contributed by atoms with E-state index in [1.807, 2.05) is 0 Å². The third-order valence-corrected chi connectivity index (χ3v) is 15.2. The fraction of sp³-hybridized carbons (Fsp3) is 0.881. The van der Waals surface area contributed by atoms with Crippen LogP contribution in [0.5, 0.6) is 0 Å². The molecule has 0 aliphatic carbocycles. The van der Waals surface area contributed by atoms with Crippen molar-refractivity contribution in [2.45, 2.75) is 366 Å². The Morgan fingerprint density at radius 3 is 1.05 bits per heavy atom. The van der Waals surface area contributed by atoms with Gasteiger partial charge in [0, 0.05) is 12.8 Å². The second-order valence-corrected chi connectivity index (χ2v) is 22.4. The number of nitrogens with one attached hydrogen (secondary N) is 1. The van der Waals surface area contributed by atoms with Gasteiger partial charge in [-0.05, 0) is 83.5 Å². The molecule has 1 amide bonds. The van der Waals surface area contributed by atoms with Crippen LogP contribution in [0.15, 0.2) is 36.5 Å². The third kappa shape index (κ3) is 59.2.